The monoisotopic (exact) mass is 208 g/mol. The van der Waals surface area contributed by atoms with Gasteiger partial charge in [-0.3, -0.25) is 0 Å². The van der Waals surface area contributed by atoms with Gasteiger partial charge < -0.3 is 14.3 Å². The highest BCUT2D eigenvalue weighted by atomic mass is 16.5. The summed E-state index contributed by atoms with van der Waals surface area (Å²) in [6.07, 6.45) is 0.907. The molecule has 0 unspecified atom stereocenters. The normalized spacial score (nSPS) is 10.9. The first-order valence-electron chi connectivity index (χ1n) is 4.74. The van der Waals surface area contributed by atoms with Crippen molar-refractivity contribution in [2.24, 2.45) is 0 Å². The third-order valence-corrected chi connectivity index (χ3v) is 2.39. The van der Waals surface area contributed by atoms with E-state index in [0.29, 0.717) is 11.5 Å². The summed E-state index contributed by atoms with van der Waals surface area (Å²) >= 11 is 0. The van der Waals surface area contributed by atoms with Crippen LogP contribution in [0.5, 0.6) is 11.5 Å². The number of ether oxygens (including phenoxy) is 2. The second-order valence-corrected chi connectivity index (χ2v) is 3.88. The molecule has 0 heterocycles. The van der Waals surface area contributed by atoms with E-state index >= 15 is 0 Å². The highest BCUT2D eigenvalue weighted by Gasteiger charge is 2.25. The van der Waals surface area contributed by atoms with E-state index in [0.717, 1.165) is 11.8 Å². The SMILES string of the molecule is COc1cccc(C(C)(C)C=O)c1OC. The van der Waals surface area contributed by atoms with Gasteiger partial charge in [-0.2, -0.15) is 0 Å². The molecule has 1 aromatic carbocycles. The van der Waals surface area contributed by atoms with Crippen molar-refractivity contribution in [3.63, 3.8) is 0 Å². The minimum absolute atomic E-state index is 0.570. The Morgan fingerprint density at radius 3 is 2.33 bits per heavy atom. The van der Waals surface area contributed by atoms with E-state index in [1.54, 1.807) is 14.2 Å². The number of para-hydroxylation sites is 1. The third kappa shape index (κ3) is 2.12. The number of methoxy groups -OCH3 is 2. The summed E-state index contributed by atoms with van der Waals surface area (Å²) in [5.74, 6) is 1.27. The molecule has 0 fully saturated rings. The van der Waals surface area contributed by atoms with E-state index < -0.39 is 5.41 Å². The smallest absolute Gasteiger partial charge is 0.164 e. The molecular formula is C12H16O3. The van der Waals surface area contributed by atoms with Gasteiger partial charge in [0.2, 0.25) is 0 Å². The lowest BCUT2D eigenvalue weighted by atomic mass is 9.85. The van der Waals surface area contributed by atoms with E-state index in [9.17, 15) is 4.79 Å². The highest BCUT2D eigenvalue weighted by Crippen LogP contribution is 2.37. The summed E-state index contributed by atoms with van der Waals surface area (Å²) in [4.78, 5) is 11.0. The molecule has 82 valence electrons. The fraction of sp³-hybridized carbons (Fsp3) is 0.417. The molecule has 1 rings (SSSR count). The molecule has 0 N–H and O–H groups in total. The van der Waals surface area contributed by atoms with Crippen LogP contribution in [-0.2, 0) is 10.2 Å². The van der Waals surface area contributed by atoms with Gasteiger partial charge in [-0.05, 0) is 19.9 Å². The fourth-order valence-corrected chi connectivity index (χ4v) is 1.46. The number of hydrogen-bond donors (Lipinski definition) is 0. The van der Waals surface area contributed by atoms with Gasteiger partial charge in [0.25, 0.3) is 0 Å². The van der Waals surface area contributed by atoms with Crippen LogP contribution >= 0.6 is 0 Å². The van der Waals surface area contributed by atoms with E-state index in [1.807, 2.05) is 32.0 Å². The molecule has 0 aliphatic rings. The first kappa shape index (κ1) is 11.6. The number of benzene rings is 1. The van der Waals surface area contributed by atoms with Crippen LogP contribution < -0.4 is 9.47 Å². The Hall–Kier alpha value is -1.51. The standard InChI is InChI=1S/C12H16O3/c1-12(2,8-13)9-6-5-7-10(14-3)11(9)15-4/h5-8H,1-4H3. The van der Waals surface area contributed by atoms with Crippen LogP contribution in [0.2, 0.25) is 0 Å². The molecule has 1 aromatic rings. The molecule has 3 heteroatoms. The second-order valence-electron chi connectivity index (χ2n) is 3.88. The molecule has 0 saturated heterocycles. The second kappa shape index (κ2) is 4.34. The zero-order valence-electron chi connectivity index (χ0n) is 9.53. The summed E-state index contributed by atoms with van der Waals surface area (Å²) in [5.41, 5.74) is 0.263. The fourth-order valence-electron chi connectivity index (χ4n) is 1.46. The van der Waals surface area contributed by atoms with Gasteiger partial charge in [-0.1, -0.05) is 12.1 Å². The Balaban J connectivity index is 3.35. The molecule has 3 nitrogen and oxygen atoms in total. The van der Waals surface area contributed by atoms with Crippen molar-refractivity contribution in [1.29, 1.82) is 0 Å². The van der Waals surface area contributed by atoms with Gasteiger partial charge in [0.05, 0.1) is 14.2 Å². The molecule has 15 heavy (non-hydrogen) atoms. The molecule has 0 aromatic heterocycles. The summed E-state index contributed by atoms with van der Waals surface area (Å²) in [6.45, 7) is 3.69. The lowest BCUT2D eigenvalue weighted by molar-refractivity contribution is -0.111. The maximum absolute atomic E-state index is 11.0. The number of carbonyl (C=O) groups excluding carboxylic acids is 1. The van der Waals surface area contributed by atoms with Crippen LogP contribution in [0, 0.1) is 0 Å². The number of rotatable bonds is 4. The lowest BCUT2D eigenvalue weighted by Gasteiger charge is -2.21. The first-order chi connectivity index (χ1) is 7.06. The van der Waals surface area contributed by atoms with E-state index in [2.05, 4.69) is 0 Å². The van der Waals surface area contributed by atoms with Crippen LogP contribution in [-0.4, -0.2) is 20.5 Å². The van der Waals surface area contributed by atoms with Crippen LogP contribution in [0.3, 0.4) is 0 Å². The summed E-state index contributed by atoms with van der Waals surface area (Å²) < 4.78 is 10.4. The predicted molar refractivity (Wildman–Crippen MR) is 58.6 cm³/mol. The molecule has 0 spiro atoms. The van der Waals surface area contributed by atoms with Crippen LogP contribution in [0.15, 0.2) is 18.2 Å². The summed E-state index contributed by atoms with van der Waals surface area (Å²) in [6, 6.07) is 5.53. The zero-order valence-corrected chi connectivity index (χ0v) is 9.53. The van der Waals surface area contributed by atoms with Gasteiger partial charge in [-0.15, -0.1) is 0 Å². The van der Waals surface area contributed by atoms with Gasteiger partial charge >= 0.3 is 0 Å². The molecule has 0 atom stereocenters. The molecule has 0 aliphatic carbocycles. The summed E-state index contributed by atoms with van der Waals surface area (Å²) in [7, 11) is 3.15. The molecular weight excluding hydrogens is 192 g/mol. The largest absolute Gasteiger partial charge is 0.493 e. The van der Waals surface area contributed by atoms with Crippen molar-refractivity contribution in [1.82, 2.24) is 0 Å². The predicted octanol–water partition coefficient (Wildman–Crippen LogP) is 2.18. The van der Waals surface area contributed by atoms with Crippen molar-refractivity contribution >= 4 is 6.29 Å². The zero-order chi connectivity index (χ0) is 11.5. The van der Waals surface area contributed by atoms with Crippen LogP contribution in [0.1, 0.15) is 19.4 Å². The van der Waals surface area contributed by atoms with Crippen molar-refractivity contribution in [3.8, 4) is 11.5 Å². The average molecular weight is 208 g/mol. The Bertz CT molecular complexity index is 356. The van der Waals surface area contributed by atoms with Gasteiger partial charge in [0.15, 0.2) is 11.5 Å². The Morgan fingerprint density at radius 1 is 1.20 bits per heavy atom. The average Bonchev–Trinajstić information content (AvgIpc) is 2.27. The van der Waals surface area contributed by atoms with Crippen molar-refractivity contribution < 1.29 is 14.3 Å². The third-order valence-electron chi connectivity index (χ3n) is 2.39. The highest BCUT2D eigenvalue weighted by molar-refractivity contribution is 5.70. The van der Waals surface area contributed by atoms with E-state index in [1.165, 1.54) is 0 Å². The molecule has 0 bridgehead atoms. The van der Waals surface area contributed by atoms with E-state index in [-0.39, 0.29) is 0 Å². The number of hydrogen-bond acceptors (Lipinski definition) is 3. The Kier molecular flexibility index (Phi) is 3.35. The number of carbonyl (C=O) groups is 1. The van der Waals surface area contributed by atoms with Gasteiger partial charge in [-0.25, -0.2) is 0 Å². The van der Waals surface area contributed by atoms with Gasteiger partial charge in [0, 0.05) is 11.0 Å². The van der Waals surface area contributed by atoms with Crippen molar-refractivity contribution in [2.45, 2.75) is 19.3 Å². The van der Waals surface area contributed by atoms with Crippen LogP contribution in [0.25, 0.3) is 0 Å². The van der Waals surface area contributed by atoms with Crippen molar-refractivity contribution in [3.05, 3.63) is 23.8 Å². The first-order valence-corrected chi connectivity index (χ1v) is 4.74. The molecule has 0 amide bonds. The molecule has 0 saturated carbocycles. The Morgan fingerprint density at radius 2 is 1.87 bits per heavy atom. The number of aldehydes is 1. The van der Waals surface area contributed by atoms with Crippen molar-refractivity contribution in [2.75, 3.05) is 14.2 Å². The lowest BCUT2D eigenvalue weighted by Crippen LogP contribution is -2.19. The maximum Gasteiger partial charge on any atom is 0.164 e. The Labute approximate surface area is 90.0 Å². The minimum atomic E-state index is -0.570. The minimum Gasteiger partial charge on any atom is -0.493 e. The van der Waals surface area contributed by atoms with Gasteiger partial charge in [0.1, 0.15) is 6.29 Å². The summed E-state index contributed by atoms with van der Waals surface area (Å²) in [5, 5.41) is 0. The molecule has 0 radical (unpaired) electrons. The molecule has 0 aliphatic heterocycles. The quantitative estimate of drug-likeness (QED) is 0.711. The van der Waals surface area contributed by atoms with E-state index in [4.69, 9.17) is 9.47 Å². The topological polar surface area (TPSA) is 35.5 Å². The maximum atomic E-state index is 11.0. The van der Waals surface area contributed by atoms with Crippen LogP contribution in [0.4, 0.5) is 0 Å².